The number of nitrogens with one attached hydrogen (secondary N) is 1. The van der Waals surface area contributed by atoms with Crippen molar-refractivity contribution in [2.24, 2.45) is 0 Å². The van der Waals surface area contributed by atoms with E-state index < -0.39 is 0 Å². The van der Waals surface area contributed by atoms with Crippen LogP contribution in [0.25, 0.3) is 0 Å². The zero-order chi connectivity index (χ0) is 20.6. The molecule has 7 nitrogen and oxygen atoms in total. The van der Waals surface area contributed by atoms with Crippen molar-refractivity contribution in [2.45, 2.75) is 26.3 Å². The molecule has 3 rings (SSSR count). The van der Waals surface area contributed by atoms with Crippen LogP contribution < -0.4 is 5.32 Å². The Morgan fingerprint density at radius 1 is 0.966 bits per heavy atom. The fourth-order valence-electron chi connectivity index (χ4n) is 3.77. The van der Waals surface area contributed by atoms with Crippen molar-refractivity contribution in [3.8, 4) is 0 Å². The first-order chi connectivity index (χ1) is 14.1. The first-order valence-corrected chi connectivity index (χ1v) is 10.7. The zero-order valence-electron chi connectivity index (χ0n) is 17.7. The van der Waals surface area contributed by atoms with E-state index >= 15 is 0 Å². The molecular formula is C22H34N4O3. The number of benzene rings is 1. The van der Waals surface area contributed by atoms with Crippen molar-refractivity contribution >= 4 is 11.8 Å². The van der Waals surface area contributed by atoms with Crippen LogP contribution in [0.5, 0.6) is 0 Å². The summed E-state index contributed by atoms with van der Waals surface area (Å²) in [5.74, 6) is 0.291. The number of carbonyl (C=O) groups is 2. The Kier molecular flexibility index (Phi) is 8.03. The molecule has 1 N–H and O–H groups in total. The van der Waals surface area contributed by atoms with Crippen molar-refractivity contribution in [1.82, 2.24) is 20.0 Å². The average Bonchev–Trinajstić information content (AvgIpc) is 2.78. The fourth-order valence-corrected chi connectivity index (χ4v) is 3.77. The normalized spacial score (nSPS) is 19.2. The van der Waals surface area contributed by atoms with Gasteiger partial charge in [0.25, 0.3) is 0 Å². The molecule has 0 bridgehead atoms. The van der Waals surface area contributed by atoms with Crippen molar-refractivity contribution < 1.29 is 14.3 Å². The summed E-state index contributed by atoms with van der Waals surface area (Å²) in [6.45, 7) is 10.5. The summed E-state index contributed by atoms with van der Waals surface area (Å²) < 4.78 is 5.30. The van der Waals surface area contributed by atoms with Crippen molar-refractivity contribution in [3.63, 3.8) is 0 Å². The highest BCUT2D eigenvalue weighted by Gasteiger charge is 2.25. The lowest BCUT2D eigenvalue weighted by Crippen LogP contribution is -2.53. The van der Waals surface area contributed by atoms with Gasteiger partial charge in [-0.25, -0.2) is 0 Å². The molecule has 160 valence electrons. The maximum atomic E-state index is 12.6. The second-order valence-electron chi connectivity index (χ2n) is 7.85. The molecule has 29 heavy (non-hydrogen) atoms. The van der Waals surface area contributed by atoms with E-state index in [9.17, 15) is 9.59 Å². The number of hydrogen-bond donors (Lipinski definition) is 1. The standard InChI is InChI=1S/C22H34N4O3/c1-3-19-4-6-20(7-5-19)18(2)23-16-21(27)25-10-8-24(9-11-25)17-22(28)26-12-14-29-15-13-26/h4-7,18,23H,3,8-17H2,1-2H3. The smallest absolute Gasteiger partial charge is 0.236 e. The quantitative estimate of drug-likeness (QED) is 0.734. The van der Waals surface area contributed by atoms with Gasteiger partial charge in [0.2, 0.25) is 11.8 Å². The molecule has 1 atom stereocenters. The molecule has 1 aromatic carbocycles. The molecule has 0 saturated carbocycles. The van der Waals surface area contributed by atoms with Crippen LogP contribution >= 0.6 is 0 Å². The minimum absolute atomic E-state index is 0.126. The van der Waals surface area contributed by atoms with Crippen LogP contribution in [-0.4, -0.2) is 92.1 Å². The predicted molar refractivity (Wildman–Crippen MR) is 113 cm³/mol. The average molecular weight is 403 g/mol. The molecule has 0 aliphatic carbocycles. The Bertz CT molecular complexity index is 665. The lowest BCUT2D eigenvalue weighted by Gasteiger charge is -2.36. The first kappa shape index (κ1) is 21.7. The van der Waals surface area contributed by atoms with E-state index in [-0.39, 0.29) is 17.9 Å². The fraction of sp³-hybridized carbons (Fsp3) is 0.636. The highest BCUT2D eigenvalue weighted by Crippen LogP contribution is 2.14. The first-order valence-electron chi connectivity index (χ1n) is 10.7. The van der Waals surface area contributed by atoms with Crippen LogP contribution in [0.4, 0.5) is 0 Å². The number of ether oxygens (including phenoxy) is 1. The molecule has 2 aliphatic heterocycles. The third-order valence-corrected chi connectivity index (χ3v) is 5.90. The topological polar surface area (TPSA) is 65.1 Å². The van der Waals surface area contributed by atoms with Gasteiger partial charge >= 0.3 is 0 Å². The molecule has 0 radical (unpaired) electrons. The van der Waals surface area contributed by atoms with Crippen molar-refractivity contribution in [2.75, 3.05) is 65.6 Å². The summed E-state index contributed by atoms with van der Waals surface area (Å²) in [6.07, 6.45) is 1.03. The number of rotatable bonds is 7. The van der Waals surface area contributed by atoms with Crippen LogP contribution in [0.1, 0.15) is 31.0 Å². The van der Waals surface area contributed by atoms with Gasteiger partial charge in [0, 0.05) is 45.3 Å². The highest BCUT2D eigenvalue weighted by atomic mass is 16.5. The van der Waals surface area contributed by atoms with Gasteiger partial charge in [-0.2, -0.15) is 0 Å². The summed E-state index contributed by atoms with van der Waals surface area (Å²) >= 11 is 0. The zero-order valence-corrected chi connectivity index (χ0v) is 17.7. The minimum Gasteiger partial charge on any atom is -0.378 e. The van der Waals surface area contributed by atoms with Crippen molar-refractivity contribution in [1.29, 1.82) is 0 Å². The number of piperazine rings is 1. The van der Waals surface area contributed by atoms with E-state index in [0.717, 1.165) is 19.5 Å². The molecule has 2 amide bonds. The van der Waals surface area contributed by atoms with E-state index in [2.05, 4.69) is 48.3 Å². The summed E-state index contributed by atoms with van der Waals surface area (Å²) in [5.41, 5.74) is 2.52. The molecular weight excluding hydrogens is 368 g/mol. The van der Waals surface area contributed by atoms with Crippen LogP contribution in [0.15, 0.2) is 24.3 Å². The third-order valence-electron chi connectivity index (χ3n) is 5.90. The number of carbonyl (C=O) groups excluding carboxylic acids is 2. The molecule has 2 saturated heterocycles. The van der Waals surface area contributed by atoms with E-state index in [1.807, 2.05) is 9.80 Å². The van der Waals surface area contributed by atoms with Crippen molar-refractivity contribution in [3.05, 3.63) is 35.4 Å². The second-order valence-corrected chi connectivity index (χ2v) is 7.85. The van der Waals surface area contributed by atoms with Gasteiger partial charge in [-0.3, -0.25) is 14.5 Å². The number of hydrogen-bond acceptors (Lipinski definition) is 5. The van der Waals surface area contributed by atoms with Crippen LogP contribution in [0.2, 0.25) is 0 Å². The van der Waals surface area contributed by atoms with Gasteiger partial charge in [0.1, 0.15) is 0 Å². The minimum atomic E-state index is 0.126. The lowest BCUT2D eigenvalue weighted by atomic mass is 10.1. The molecule has 1 aromatic rings. The van der Waals surface area contributed by atoms with Gasteiger partial charge in [-0.15, -0.1) is 0 Å². The van der Waals surface area contributed by atoms with Crippen LogP contribution in [0.3, 0.4) is 0 Å². The van der Waals surface area contributed by atoms with Gasteiger partial charge in [0.05, 0.1) is 26.3 Å². The van der Waals surface area contributed by atoms with Gasteiger partial charge in [0.15, 0.2) is 0 Å². The number of aryl methyl sites for hydroxylation is 1. The largest absolute Gasteiger partial charge is 0.378 e. The number of morpholine rings is 1. The molecule has 1 unspecified atom stereocenters. The SMILES string of the molecule is CCc1ccc(C(C)NCC(=O)N2CCN(CC(=O)N3CCOCC3)CC2)cc1. The Morgan fingerprint density at radius 2 is 1.59 bits per heavy atom. The summed E-state index contributed by atoms with van der Waals surface area (Å²) in [5, 5.41) is 3.34. The monoisotopic (exact) mass is 402 g/mol. The van der Waals surface area contributed by atoms with E-state index in [4.69, 9.17) is 4.74 Å². The van der Waals surface area contributed by atoms with Gasteiger partial charge < -0.3 is 19.9 Å². The molecule has 0 spiro atoms. The Morgan fingerprint density at radius 3 is 2.21 bits per heavy atom. The molecule has 2 aliphatic rings. The lowest BCUT2D eigenvalue weighted by molar-refractivity contribution is -0.137. The number of nitrogens with zero attached hydrogens (tertiary/aromatic N) is 3. The summed E-state index contributed by atoms with van der Waals surface area (Å²) in [6, 6.07) is 8.69. The highest BCUT2D eigenvalue weighted by molar-refractivity contribution is 5.79. The predicted octanol–water partition coefficient (Wildman–Crippen LogP) is 0.903. The summed E-state index contributed by atoms with van der Waals surface area (Å²) in [4.78, 5) is 30.9. The summed E-state index contributed by atoms with van der Waals surface area (Å²) in [7, 11) is 0. The third kappa shape index (κ3) is 6.26. The molecule has 7 heteroatoms. The Balaban J connectivity index is 1.37. The maximum Gasteiger partial charge on any atom is 0.236 e. The Labute approximate surface area is 174 Å². The van der Waals surface area contributed by atoms with Crippen LogP contribution in [-0.2, 0) is 20.7 Å². The van der Waals surface area contributed by atoms with Gasteiger partial charge in [-0.05, 0) is 24.5 Å². The van der Waals surface area contributed by atoms with E-state index in [1.54, 1.807) is 0 Å². The van der Waals surface area contributed by atoms with E-state index in [0.29, 0.717) is 52.5 Å². The maximum absolute atomic E-state index is 12.6. The Hall–Kier alpha value is -1.96. The van der Waals surface area contributed by atoms with Gasteiger partial charge in [-0.1, -0.05) is 31.2 Å². The number of amides is 2. The molecule has 2 heterocycles. The molecule has 0 aromatic heterocycles. The second kappa shape index (κ2) is 10.7. The molecule has 2 fully saturated rings. The van der Waals surface area contributed by atoms with Crippen LogP contribution in [0, 0.1) is 0 Å². The van der Waals surface area contributed by atoms with E-state index in [1.165, 1.54) is 11.1 Å².